The number of hydrogen-bond donors (Lipinski definition) is 1. The largest absolute Gasteiger partial charge is 0.496 e. The van der Waals surface area contributed by atoms with Crippen LogP contribution in [0, 0.1) is 5.82 Å². The summed E-state index contributed by atoms with van der Waals surface area (Å²) in [7, 11) is 1.64. The molecule has 0 heterocycles. The van der Waals surface area contributed by atoms with Gasteiger partial charge in [-0.15, -0.1) is 0 Å². The lowest BCUT2D eigenvalue weighted by Gasteiger charge is -2.20. The van der Waals surface area contributed by atoms with Gasteiger partial charge in [0.15, 0.2) is 0 Å². The van der Waals surface area contributed by atoms with Crippen molar-refractivity contribution in [3.05, 3.63) is 65.0 Å². The summed E-state index contributed by atoms with van der Waals surface area (Å²) in [6.45, 7) is 5.71. The maximum Gasteiger partial charge on any atom is 0.407 e. The van der Waals surface area contributed by atoms with E-state index in [2.05, 4.69) is 5.32 Å². The van der Waals surface area contributed by atoms with Crippen LogP contribution in [0.1, 0.15) is 37.5 Å². The molecule has 1 N–H and O–H groups in total. The summed E-state index contributed by atoms with van der Waals surface area (Å²) < 4.78 is 24.3. The minimum absolute atomic E-state index is 0.288. The summed E-state index contributed by atoms with van der Waals surface area (Å²) in [5.41, 5.74) is 2.23. The van der Waals surface area contributed by atoms with Gasteiger partial charge in [-0.1, -0.05) is 24.3 Å². The number of amides is 1. The van der Waals surface area contributed by atoms with Crippen LogP contribution in [0.5, 0.6) is 5.75 Å². The van der Waals surface area contributed by atoms with Gasteiger partial charge in [0.05, 0.1) is 7.11 Å². The smallest absolute Gasteiger partial charge is 0.407 e. The number of carbonyl (C=O) groups is 1. The zero-order valence-corrected chi connectivity index (χ0v) is 15.8. The second kappa shape index (κ2) is 8.70. The normalized spacial score (nSPS) is 11.1. The number of methoxy groups -OCH3 is 1. The van der Waals surface area contributed by atoms with E-state index in [-0.39, 0.29) is 12.4 Å². The molecular formula is C21H26FNO3. The summed E-state index contributed by atoms with van der Waals surface area (Å²) >= 11 is 0. The number of hydrogen-bond acceptors (Lipinski definition) is 3. The lowest BCUT2D eigenvalue weighted by Crippen LogP contribution is -2.32. The molecule has 2 aromatic rings. The van der Waals surface area contributed by atoms with E-state index in [9.17, 15) is 9.18 Å². The number of benzene rings is 2. The third-order valence-electron chi connectivity index (χ3n) is 3.85. The molecule has 26 heavy (non-hydrogen) atoms. The number of para-hydroxylation sites is 1. The quantitative estimate of drug-likeness (QED) is 0.817. The standard InChI is InChI=1S/C21H26FNO3/c1-21(2,3)26-20(24)23-14-17-11-12-18(22)13-16(17)10-9-15-7-5-6-8-19(15)25-4/h5-8,11-13H,9-10,14H2,1-4H3,(H,23,24). The molecule has 0 saturated heterocycles. The zero-order chi connectivity index (χ0) is 19.2. The third kappa shape index (κ3) is 6.06. The lowest BCUT2D eigenvalue weighted by molar-refractivity contribution is 0.0523. The Balaban J connectivity index is 2.06. The predicted molar refractivity (Wildman–Crippen MR) is 99.9 cm³/mol. The molecule has 5 heteroatoms. The molecule has 0 fully saturated rings. The van der Waals surface area contributed by atoms with Crippen LogP contribution in [-0.4, -0.2) is 18.8 Å². The van der Waals surface area contributed by atoms with E-state index >= 15 is 0 Å². The highest BCUT2D eigenvalue weighted by Crippen LogP contribution is 2.21. The topological polar surface area (TPSA) is 47.6 Å². The van der Waals surface area contributed by atoms with Gasteiger partial charge in [-0.3, -0.25) is 0 Å². The van der Waals surface area contributed by atoms with Gasteiger partial charge in [-0.05, 0) is 68.5 Å². The Morgan fingerprint density at radius 2 is 1.73 bits per heavy atom. The third-order valence-corrected chi connectivity index (χ3v) is 3.85. The summed E-state index contributed by atoms with van der Waals surface area (Å²) in [6, 6.07) is 12.4. The van der Waals surface area contributed by atoms with Crippen LogP contribution in [0.2, 0.25) is 0 Å². The lowest BCUT2D eigenvalue weighted by atomic mass is 9.99. The number of halogens is 1. The summed E-state index contributed by atoms with van der Waals surface area (Å²) in [6.07, 6.45) is 0.869. The summed E-state index contributed by atoms with van der Waals surface area (Å²) in [4.78, 5) is 11.8. The van der Waals surface area contributed by atoms with Crippen molar-refractivity contribution in [1.29, 1.82) is 0 Å². The molecule has 0 spiro atoms. The van der Waals surface area contributed by atoms with Crippen molar-refractivity contribution in [1.82, 2.24) is 5.32 Å². The Morgan fingerprint density at radius 3 is 2.42 bits per heavy atom. The van der Waals surface area contributed by atoms with Crippen LogP contribution in [-0.2, 0) is 24.1 Å². The van der Waals surface area contributed by atoms with E-state index in [1.165, 1.54) is 12.1 Å². The fourth-order valence-corrected chi connectivity index (χ4v) is 2.66. The molecule has 0 aliphatic rings. The minimum atomic E-state index is -0.556. The van der Waals surface area contributed by atoms with Gasteiger partial charge >= 0.3 is 6.09 Å². The Hall–Kier alpha value is -2.56. The average molecular weight is 359 g/mol. The van der Waals surface area contributed by atoms with Crippen LogP contribution in [0.25, 0.3) is 0 Å². The number of carbonyl (C=O) groups excluding carboxylic acids is 1. The number of ether oxygens (including phenoxy) is 2. The van der Waals surface area contributed by atoms with Gasteiger partial charge in [0, 0.05) is 6.54 Å². The highest BCUT2D eigenvalue weighted by molar-refractivity contribution is 5.67. The van der Waals surface area contributed by atoms with Crippen molar-refractivity contribution in [3.63, 3.8) is 0 Å². The molecule has 1 amide bonds. The van der Waals surface area contributed by atoms with Crippen LogP contribution in [0.3, 0.4) is 0 Å². The van der Waals surface area contributed by atoms with E-state index in [0.29, 0.717) is 12.8 Å². The molecule has 0 saturated carbocycles. The zero-order valence-electron chi connectivity index (χ0n) is 15.8. The first-order chi connectivity index (χ1) is 12.3. The second-order valence-corrected chi connectivity index (χ2v) is 7.08. The van der Waals surface area contributed by atoms with E-state index < -0.39 is 11.7 Å². The predicted octanol–water partition coefficient (Wildman–Crippen LogP) is 4.64. The van der Waals surface area contributed by atoms with Crippen LogP contribution >= 0.6 is 0 Å². The summed E-state index contributed by atoms with van der Waals surface area (Å²) in [5.74, 6) is 0.526. The van der Waals surface area contributed by atoms with Crippen molar-refractivity contribution in [3.8, 4) is 5.75 Å². The second-order valence-electron chi connectivity index (χ2n) is 7.08. The van der Waals surface area contributed by atoms with Gasteiger partial charge in [-0.2, -0.15) is 0 Å². The van der Waals surface area contributed by atoms with Gasteiger partial charge in [-0.25, -0.2) is 9.18 Å². The molecule has 0 unspecified atom stereocenters. The molecule has 0 radical (unpaired) electrons. The molecule has 140 valence electrons. The van der Waals surface area contributed by atoms with Crippen LogP contribution in [0.15, 0.2) is 42.5 Å². The molecule has 0 aliphatic heterocycles. The first-order valence-corrected chi connectivity index (χ1v) is 8.64. The summed E-state index contributed by atoms with van der Waals surface area (Å²) in [5, 5.41) is 2.73. The fourth-order valence-electron chi connectivity index (χ4n) is 2.66. The molecule has 0 bridgehead atoms. The SMILES string of the molecule is COc1ccccc1CCc1cc(F)ccc1CNC(=O)OC(C)(C)C. The minimum Gasteiger partial charge on any atom is -0.496 e. The van der Waals surface area contributed by atoms with Crippen molar-refractivity contribution >= 4 is 6.09 Å². The molecule has 0 atom stereocenters. The van der Waals surface area contributed by atoms with Crippen molar-refractivity contribution in [2.45, 2.75) is 45.8 Å². The molecule has 0 aromatic heterocycles. The van der Waals surface area contributed by atoms with E-state index in [1.807, 2.05) is 45.0 Å². The number of nitrogens with one attached hydrogen (secondary N) is 1. The van der Waals surface area contributed by atoms with E-state index in [4.69, 9.17) is 9.47 Å². The molecule has 2 rings (SSSR count). The maximum absolute atomic E-state index is 13.7. The van der Waals surface area contributed by atoms with Gasteiger partial charge in [0.1, 0.15) is 17.2 Å². The van der Waals surface area contributed by atoms with Gasteiger partial charge in [0.25, 0.3) is 0 Å². The fraction of sp³-hybridized carbons (Fsp3) is 0.381. The Kier molecular flexibility index (Phi) is 6.61. The van der Waals surface area contributed by atoms with Crippen molar-refractivity contribution in [2.75, 3.05) is 7.11 Å². The molecule has 0 aliphatic carbocycles. The monoisotopic (exact) mass is 359 g/mol. The van der Waals surface area contributed by atoms with Gasteiger partial charge < -0.3 is 14.8 Å². The van der Waals surface area contributed by atoms with Gasteiger partial charge in [0.2, 0.25) is 0 Å². The number of rotatable bonds is 6. The first-order valence-electron chi connectivity index (χ1n) is 8.64. The van der Waals surface area contributed by atoms with E-state index in [0.717, 1.165) is 22.4 Å². The Morgan fingerprint density at radius 1 is 1.04 bits per heavy atom. The average Bonchev–Trinajstić information content (AvgIpc) is 2.57. The number of aryl methyl sites for hydroxylation is 2. The highest BCUT2D eigenvalue weighted by Gasteiger charge is 2.16. The molecule has 2 aromatic carbocycles. The van der Waals surface area contributed by atoms with E-state index in [1.54, 1.807) is 13.2 Å². The highest BCUT2D eigenvalue weighted by atomic mass is 19.1. The Labute approximate surface area is 154 Å². The van der Waals surface area contributed by atoms with Crippen molar-refractivity contribution < 1.29 is 18.7 Å². The van der Waals surface area contributed by atoms with Crippen molar-refractivity contribution in [2.24, 2.45) is 0 Å². The maximum atomic E-state index is 13.7. The first kappa shape index (κ1) is 19.8. The number of alkyl carbamates (subject to hydrolysis) is 1. The Bertz CT molecular complexity index is 753. The van der Waals surface area contributed by atoms with Crippen LogP contribution in [0.4, 0.5) is 9.18 Å². The molecular weight excluding hydrogens is 333 g/mol. The molecule has 4 nitrogen and oxygen atoms in total. The van der Waals surface area contributed by atoms with Crippen LogP contribution < -0.4 is 10.1 Å².